The van der Waals surface area contributed by atoms with Gasteiger partial charge >= 0.3 is 6.03 Å². The van der Waals surface area contributed by atoms with Crippen molar-refractivity contribution in [1.29, 1.82) is 0 Å². The zero-order chi connectivity index (χ0) is 24.1. The van der Waals surface area contributed by atoms with Crippen LogP contribution in [0.5, 0.6) is 0 Å². The Labute approximate surface area is 210 Å². The SMILES string of the molecule is CCc1nc(C)nc(N2CCCN(C(=O)Nc3ccccc3Br)CC2)c1Cc1ccc(C)cc1. The molecule has 0 aliphatic carbocycles. The molecule has 0 unspecified atom stereocenters. The summed E-state index contributed by atoms with van der Waals surface area (Å²) in [6.07, 6.45) is 2.56. The third-order valence-corrected chi connectivity index (χ3v) is 6.91. The van der Waals surface area contributed by atoms with Crippen molar-refractivity contribution in [3.8, 4) is 0 Å². The maximum atomic E-state index is 13.0. The Bertz CT molecular complexity index is 1150. The van der Waals surface area contributed by atoms with Crippen LogP contribution >= 0.6 is 15.9 Å². The van der Waals surface area contributed by atoms with Gasteiger partial charge in [0.25, 0.3) is 0 Å². The summed E-state index contributed by atoms with van der Waals surface area (Å²) in [5.41, 5.74) is 5.61. The van der Waals surface area contributed by atoms with Crippen LogP contribution in [0.4, 0.5) is 16.3 Å². The molecule has 2 amide bonds. The fourth-order valence-electron chi connectivity index (χ4n) is 4.37. The van der Waals surface area contributed by atoms with E-state index >= 15 is 0 Å². The highest BCUT2D eigenvalue weighted by atomic mass is 79.9. The molecule has 1 fully saturated rings. The quantitative estimate of drug-likeness (QED) is 0.464. The molecule has 0 radical (unpaired) electrons. The van der Waals surface area contributed by atoms with Gasteiger partial charge < -0.3 is 15.1 Å². The number of nitrogens with zero attached hydrogens (tertiary/aromatic N) is 4. The minimum absolute atomic E-state index is 0.0678. The fourth-order valence-corrected chi connectivity index (χ4v) is 4.76. The molecule has 34 heavy (non-hydrogen) atoms. The first kappa shape index (κ1) is 24.2. The van der Waals surface area contributed by atoms with Gasteiger partial charge in [0.2, 0.25) is 0 Å². The minimum Gasteiger partial charge on any atom is -0.354 e. The van der Waals surface area contributed by atoms with Gasteiger partial charge in [0.1, 0.15) is 11.6 Å². The van der Waals surface area contributed by atoms with Gasteiger partial charge in [-0.05, 0) is 60.3 Å². The van der Waals surface area contributed by atoms with Crippen molar-refractivity contribution in [2.24, 2.45) is 0 Å². The molecule has 178 valence electrons. The second-order valence-electron chi connectivity index (χ2n) is 8.77. The van der Waals surface area contributed by atoms with Gasteiger partial charge in [0, 0.05) is 48.3 Å². The summed E-state index contributed by atoms with van der Waals surface area (Å²) in [5.74, 6) is 1.81. The van der Waals surface area contributed by atoms with Crippen LogP contribution in [0.15, 0.2) is 53.0 Å². The molecule has 1 saturated heterocycles. The normalized spacial score (nSPS) is 14.1. The number of carbonyl (C=O) groups is 1. The largest absolute Gasteiger partial charge is 0.354 e. The molecule has 6 nitrogen and oxygen atoms in total. The number of rotatable bonds is 5. The molecule has 0 atom stereocenters. The fraction of sp³-hybridized carbons (Fsp3) is 0.370. The molecular weight excluding hydrogens is 490 g/mol. The van der Waals surface area contributed by atoms with Crippen molar-refractivity contribution in [1.82, 2.24) is 14.9 Å². The number of aromatic nitrogens is 2. The summed E-state index contributed by atoms with van der Waals surface area (Å²) in [7, 11) is 0. The van der Waals surface area contributed by atoms with Gasteiger partial charge in [-0.3, -0.25) is 0 Å². The minimum atomic E-state index is -0.0678. The van der Waals surface area contributed by atoms with Crippen LogP contribution in [-0.4, -0.2) is 47.1 Å². The van der Waals surface area contributed by atoms with Crippen LogP contribution in [-0.2, 0) is 12.8 Å². The number of amides is 2. The average Bonchev–Trinajstić information content (AvgIpc) is 3.09. The summed E-state index contributed by atoms with van der Waals surface area (Å²) < 4.78 is 0.879. The Morgan fingerprint density at radius 3 is 2.50 bits per heavy atom. The molecule has 4 rings (SSSR count). The molecule has 1 aliphatic heterocycles. The van der Waals surface area contributed by atoms with Crippen LogP contribution in [0, 0.1) is 13.8 Å². The molecule has 7 heteroatoms. The lowest BCUT2D eigenvalue weighted by molar-refractivity contribution is 0.215. The number of hydrogen-bond acceptors (Lipinski definition) is 4. The number of halogens is 1. The first-order chi connectivity index (χ1) is 16.4. The summed E-state index contributed by atoms with van der Waals surface area (Å²) >= 11 is 3.51. The Hall–Kier alpha value is -2.93. The van der Waals surface area contributed by atoms with E-state index in [1.807, 2.05) is 36.1 Å². The Balaban J connectivity index is 1.53. The Morgan fingerprint density at radius 1 is 1.00 bits per heavy atom. The molecule has 0 spiro atoms. The molecule has 3 aromatic rings. The monoisotopic (exact) mass is 521 g/mol. The summed E-state index contributed by atoms with van der Waals surface area (Å²) in [6, 6.07) is 16.3. The van der Waals surface area contributed by atoms with Crippen LogP contribution in [0.25, 0.3) is 0 Å². The first-order valence-corrected chi connectivity index (χ1v) is 12.7. The second kappa shape index (κ2) is 11.0. The molecule has 1 aromatic heterocycles. The van der Waals surface area contributed by atoms with Crippen molar-refractivity contribution in [2.45, 2.75) is 40.0 Å². The van der Waals surface area contributed by atoms with Crippen molar-refractivity contribution >= 4 is 33.5 Å². The standard InChI is InChI=1S/C27H32BrN5O/c1-4-24-22(18-21-12-10-19(2)11-13-21)26(30-20(3)29-24)32-14-7-15-33(17-16-32)27(34)31-25-9-6-5-8-23(25)28/h5-6,8-13H,4,7,14-18H2,1-3H3,(H,31,34). The molecule has 1 aliphatic rings. The van der Waals surface area contributed by atoms with E-state index in [1.54, 1.807) is 0 Å². The predicted molar refractivity (Wildman–Crippen MR) is 142 cm³/mol. The van der Waals surface area contributed by atoms with Crippen LogP contribution in [0.1, 0.15) is 41.6 Å². The third kappa shape index (κ3) is 5.76. The number of benzene rings is 2. The number of anilines is 2. The van der Waals surface area contributed by atoms with Crippen molar-refractivity contribution in [3.05, 3.63) is 81.2 Å². The summed E-state index contributed by atoms with van der Waals surface area (Å²) in [5, 5.41) is 3.03. The molecule has 2 heterocycles. The predicted octanol–water partition coefficient (Wildman–Crippen LogP) is 5.75. The van der Waals surface area contributed by atoms with E-state index in [4.69, 9.17) is 9.97 Å². The highest BCUT2D eigenvalue weighted by Gasteiger charge is 2.24. The first-order valence-electron chi connectivity index (χ1n) is 11.9. The van der Waals surface area contributed by atoms with Crippen molar-refractivity contribution < 1.29 is 4.79 Å². The number of aryl methyl sites for hydroxylation is 3. The van der Waals surface area contributed by atoms with Gasteiger partial charge in [0.05, 0.1) is 5.69 Å². The number of hydrogen-bond donors (Lipinski definition) is 1. The van der Waals surface area contributed by atoms with Gasteiger partial charge in [-0.2, -0.15) is 0 Å². The highest BCUT2D eigenvalue weighted by Crippen LogP contribution is 2.27. The Morgan fingerprint density at radius 2 is 1.76 bits per heavy atom. The molecular formula is C27H32BrN5O. The van der Waals surface area contributed by atoms with E-state index in [-0.39, 0.29) is 6.03 Å². The zero-order valence-electron chi connectivity index (χ0n) is 20.1. The lowest BCUT2D eigenvalue weighted by Gasteiger charge is -2.26. The van der Waals surface area contributed by atoms with Gasteiger partial charge in [-0.25, -0.2) is 14.8 Å². The van der Waals surface area contributed by atoms with E-state index in [0.717, 1.165) is 59.8 Å². The van der Waals surface area contributed by atoms with E-state index < -0.39 is 0 Å². The van der Waals surface area contributed by atoms with Crippen LogP contribution in [0.3, 0.4) is 0 Å². The maximum absolute atomic E-state index is 13.0. The lowest BCUT2D eigenvalue weighted by atomic mass is 10.0. The number of carbonyl (C=O) groups excluding carboxylic acids is 1. The highest BCUT2D eigenvalue weighted by molar-refractivity contribution is 9.10. The second-order valence-corrected chi connectivity index (χ2v) is 9.63. The smallest absolute Gasteiger partial charge is 0.321 e. The summed E-state index contributed by atoms with van der Waals surface area (Å²) in [6.45, 7) is 9.18. The molecule has 0 bridgehead atoms. The zero-order valence-corrected chi connectivity index (χ0v) is 21.7. The van der Waals surface area contributed by atoms with Gasteiger partial charge in [-0.15, -0.1) is 0 Å². The van der Waals surface area contributed by atoms with Crippen molar-refractivity contribution in [3.63, 3.8) is 0 Å². The maximum Gasteiger partial charge on any atom is 0.321 e. The lowest BCUT2D eigenvalue weighted by Crippen LogP contribution is -2.38. The summed E-state index contributed by atoms with van der Waals surface area (Å²) in [4.78, 5) is 26.9. The van der Waals surface area contributed by atoms with E-state index in [9.17, 15) is 4.79 Å². The van der Waals surface area contributed by atoms with Crippen molar-refractivity contribution in [2.75, 3.05) is 36.4 Å². The third-order valence-electron chi connectivity index (χ3n) is 6.22. The molecule has 2 aromatic carbocycles. The van der Waals surface area contributed by atoms with Crippen LogP contribution < -0.4 is 10.2 Å². The van der Waals surface area contributed by atoms with E-state index in [0.29, 0.717) is 13.1 Å². The molecule has 1 N–H and O–H groups in total. The van der Waals surface area contributed by atoms with E-state index in [1.165, 1.54) is 16.7 Å². The van der Waals surface area contributed by atoms with Crippen LogP contribution in [0.2, 0.25) is 0 Å². The average molecular weight is 522 g/mol. The van der Waals surface area contributed by atoms with Gasteiger partial charge in [0.15, 0.2) is 0 Å². The Kier molecular flexibility index (Phi) is 7.83. The van der Waals surface area contributed by atoms with Gasteiger partial charge in [-0.1, -0.05) is 48.9 Å². The van der Waals surface area contributed by atoms with E-state index in [2.05, 4.69) is 64.3 Å². The number of para-hydroxylation sites is 1. The number of nitrogens with one attached hydrogen (secondary N) is 1. The topological polar surface area (TPSA) is 61.4 Å². The molecule has 0 saturated carbocycles. The number of urea groups is 1.